The monoisotopic (exact) mass is 914 g/mol. The highest BCUT2D eigenvalue weighted by molar-refractivity contribution is 6.41. The number of alkyl halides is 3. The minimum absolute atomic E-state index is 0.0477. The molecule has 0 spiro atoms. The Hall–Kier alpha value is -5.55. The third-order valence-electron chi connectivity index (χ3n) is 11.1. The Morgan fingerprint density at radius 1 is 0.937 bits per heavy atom. The van der Waals surface area contributed by atoms with E-state index < -0.39 is 46.6 Å². The van der Waals surface area contributed by atoms with Crippen LogP contribution < -0.4 is 20.3 Å². The zero-order valence-electron chi connectivity index (χ0n) is 36.2. The molecule has 4 atom stereocenters. The van der Waals surface area contributed by atoms with Gasteiger partial charge in [0, 0.05) is 49.4 Å². The first-order chi connectivity index (χ1) is 29.6. The number of hydrogen-bond acceptors (Lipinski definition) is 9. The molecule has 2 aliphatic rings. The van der Waals surface area contributed by atoms with Gasteiger partial charge in [0.15, 0.2) is 5.75 Å². The predicted octanol–water partition coefficient (Wildman–Crippen LogP) is 8.97. The fourth-order valence-corrected chi connectivity index (χ4v) is 8.48. The number of piperazine rings is 1. The quantitative estimate of drug-likeness (QED) is 0.141. The summed E-state index contributed by atoms with van der Waals surface area (Å²) in [4.78, 5) is 69.9. The molecule has 0 unspecified atom stereocenters. The predicted molar refractivity (Wildman–Crippen MR) is 234 cm³/mol. The number of hydrogen-bond donors (Lipinski definition) is 3. The van der Waals surface area contributed by atoms with Crippen LogP contribution in [0.3, 0.4) is 0 Å². The lowest BCUT2D eigenvalue weighted by atomic mass is 9.94. The van der Waals surface area contributed by atoms with Crippen molar-refractivity contribution in [2.75, 3.05) is 43.5 Å². The molecule has 0 bridgehead atoms. The molecule has 338 valence electrons. The van der Waals surface area contributed by atoms with Crippen LogP contribution in [-0.2, 0) is 14.3 Å². The van der Waals surface area contributed by atoms with Gasteiger partial charge in [-0.3, -0.25) is 14.4 Å². The van der Waals surface area contributed by atoms with Crippen molar-refractivity contribution in [3.8, 4) is 28.1 Å². The minimum atomic E-state index is -5.15. The van der Waals surface area contributed by atoms with Gasteiger partial charge in [-0.25, -0.2) is 14.8 Å². The molecule has 2 aromatic carbocycles. The van der Waals surface area contributed by atoms with E-state index in [1.807, 2.05) is 58.3 Å². The van der Waals surface area contributed by atoms with Crippen molar-refractivity contribution in [1.82, 2.24) is 30.1 Å². The van der Waals surface area contributed by atoms with E-state index in [-0.39, 0.29) is 57.1 Å². The summed E-state index contributed by atoms with van der Waals surface area (Å²) in [5.41, 5.74) is 0.713. The second kappa shape index (κ2) is 18.7. The Kier molecular flexibility index (Phi) is 13.9. The van der Waals surface area contributed by atoms with Crippen molar-refractivity contribution in [2.24, 2.45) is 17.3 Å². The smallest absolute Gasteiger partial charge is 0.453 e. The molecule has 63 heavy (non-hydrogen) atoms. The largest absolute Gasteiger partial charge is 0.573 e. The van der Waals surface area contributed by atoms with Gasteiger partial charge in [0.1, 0.15) is 22.7 Å². The minimum Gasteiger partial charge on any atom is -0.453 e. The number of anilines is 2. The van der Waals surface area contributed by atoms with E-state index in [9.17, 15) is 32.3 Å². The molecule has 4 amide bonds. The molecule has 4 aromatic rings. The zero-order chi connectivity index (χ0) is 46.1. The van der Waals surface area contributed by atoms with Crippen molar-refractivity contribution < 1.29 is 41.8 Å². The SMILES string of the molecule is COC(=O)N[C@H](C(=O)N1C[C@@H](C)C[C@H]1c1ncc(-c2ccc(-c3cc(Cl)c(NC(=O)c4ccc(N5CCN(C(=O)C(C)(C)C)C[C@H]5C)nc4)c(Cl)c3OC(F)(F)F)cc2)[nH]1)C(C)C. The van der Waals surface area contributed by atoms with E-state index in [0.717, 1.165) is 0 Å². The van der Waals surface area contributed by atoms with Crippen molar-refractivity contribution >= 4 is 58.5 Å². The highest BCUT2D eigenvalue weighted by Crippen LogP contribution is 2.47. The summed E-state index contributed by atoms with van der Waals surface area (Å²) < 4.78 is 50.8. The maximum absolute atomic E-state index is 13.9. The number of methoxy groups -OCH3 is 1. The van der Waals surface area contributed by atoms with E-state index in [4.69, 9.17) is 27.9 Å². The molecule has 19 heteroatoms. The Balaban J connectivity index is 1.19. The molecular formula is C44H51Cl2F3N8O6. The average Bonchev–Trinajstić information content (AvgIpc) is 3.88. The van der Waals surface area contributed by atoms with Gasteiger partial charge in [-0.15, -0.1) is 13.2 Å². The van der Waals surface area contributed by atoms with Gasteiger partial charge >= 0.3 is 12.5 Å². The van der Waals surface area contributed by atoms with Crippen LogP contribution in [0.2, 0.25) is 10.0 Å². The van der Waals surface area contributed by atoms with E-state index in [1.165, 1.54) is 25.4 Å². The van der Waals surface area contributed by atoms with Gasteiger partial charge in [0.2, 0.25) is 11.8 Å². The number of nitrogens with one attached hydrogen (secondary N) is 3. The fourth-order valence-electron chi connectivity index (χ4n) is 7.89. The first kappa shape index (κ1) is 46.9. The van der Waals surface area contributed by atoms with Crippen molar-refractivity contribution in [3.63, 3.8) is 0 Å². The number of likely N-dealkylation sites (tertiary alicyclic amines) is 1. The first-order valence-corrected chi connectivity index (χ1v) is 21.2. The summed E-state index contributed by atoms with van der Waals surface area (Å²) >= 11 is 13.2. The van der Waals surface area contributed by atoms with Crippen molar-refractivity contribution in [2.45, 2.75) is 79.4 Å². The number of carbonyl (C=O) groups is 4. The summed E-state index contributed by atoms with van der Waals surface area (Å²) in [5, 5.41) is 4.44. The van der Waals surface area contributed by atoms with Crippen LogP contribution in [0.15, 0.2) is 54.9 Å². The number of ether oxygens (including phenoxy) is 2. The van der Waals surface area contributed by atoms with Crippen LogP contribution in [0.5, 0.6) is 5.75 Å². The Labute approximate surface area is 373 Å². The number of rotatable bonds is 10. The molecule has 4 heterocycles. The van der Waals surface area contributed by atoms with Gasteiger partial charge in [-0.05, 0) is 54.5 Å². The number of alkyl carbamates (subject to hydrolysis) is 1. The highest BCUT2D eigenvalue weighted by Gasteiger charge is 2.41. The number of imidazole rings is 1. The van der Waals surface area contributed by atoms with Crippen LogP contribution in [0.4, 0.5) is 29.5 Å². The van der Waals surface area contributed by atoms with Gasteiger partial charge in [-0.2, -0.15) is 0 Å². The van der Waals surface area contributed by atoms with Crippen LogP contribution in [0, 0.1) is 17.3 Å². The number of nitrogens with zero attached hydrogens (tertiary/aromatic N) is 5. The molecule has 2 fully saturated rings. The summed E-state index contributed by atoms with van der Waals surface area (Å²) in [6.45, 7) is 15.3. The number of aromatic nitrogens is 3. The highest BCUT2D eigenvalue weighted by atomic mass is 35.5. The van der Waals surface area contributed by atoms with Crippen LogP contribution in [-0.4, -0.2) is 100 Å². The topological polar surface area (TPSA) is 162 Å². The van der Waals surface area contributed by atoms with Gasteiger partial charge in [0.05, 0.1) is 41.3 Å². The lowest BCUT2D eigenvalue weighted by Crippen LogP contribution is -2.56. The normalized spacial score (nSPS) is 18.6. The summed E-state index contributed by atoms with van der Waals surface area (Å²) in [7, 11) is 1.23. The second-order valence-corrected chi connectivity index (χ2v) is 18.1. The molecule has 0 radical (unpaired) electrons. The number of pyridine rings is 1. The number of carbonyl (C=O) groups excluding carboxylic acids is 4. The molecule has 3 N–H and O–H groups in total. The number of aromatic amines is 1. The van der Waals surface area contributed by atoms with E-state index >= 15 is 0 Å². The van der Waals surface area contributed by atoms with Gasteiger partial charge < -0.3 is 39.8 Å². The summed E-state index contributed by atoms with van der Waals surface area (Å²) in [5.74, 6) is -0.615. The molecule has 2 aliphatic heterocycles. The number of halogens is 5. The first-order valence-electron chi connectivity index (χ1n) is 20.5. The Morgan fingerprint density at radius 2 is 1.62 bits per heavy atom. The number of benzene rings is 2. The maximum Gasteiger partial charge on any atom is 0.573 e. The molecule has 0 aliphatic carbocycles. The second-order valence-electron chi connectivity index (χ2n) is 17.3. The average molecular weight is 916 g/mol. The third kappa shape index (κ3) is 10.6. The molecule has 14 nitrogen and oxygen atoms in total. The van der Waals surface area contributed by atoms with Crippen LogP contribution in [0.1, 0.15) is 77.1 Å². The van der Waals surface area contributed by atoms with Crippen LogP contribution in [0.25, 0.3) is 22.4 Å². The lowest BCUT2D eigenvalue weighted by Gasteiger charge is -2.42. The lowest BCUT2D eigenvalue weighted by molar-refractivity contribution is -0.274. The van der Waals surface area contributed by atoms with Crippen molar-refractivity contribution in [1.29, 1.82) is 0 Å². The third-order valence-corrected chi connectivity index (χ3v) is 11.8. The number of H-pyrrole nitrogens is 1. The molecular weight excluding hydrogens is 864 g/mol. The molecule has 6 rings (SSSR count). The standard InChI is InChI=1S/C44H51Cl2F3N8O6/c1-23(2)35(54-42(61)62-8)40(59)57-21-24(3)17-32(57)38-51-20-31(52-38)27-11-9-26(10-12-27)29-18-30(45)36(34(46)37(29)63-44(47,48)49)53-39(58)28-13-14-33(50-19-28)56-16-15-55(22-25(56)4)41(60)43(5,6)7/h9-14,18-20,23-25,32,35H,15-17,21-22H2,1-8H3,(H,51,52)(H,53,58)(H,54,61)/t24-,25+,32-,35-/m0/s1. The zero-order valence-corrected chi connectivity index (χ0v) is 37.7. The molecule has 2 saturated heterocycles. The summed E-state index contributed by atoms with van der Waals surface area (Å²) in [6, 6.07) is 9.62. The molecule has 0 saturated carbocycles. The Bertz CT molecular complexity index is 2340. The van der Waals surface area contributed by atoms with Crippen LogP contribution >= 0.6 is 23.2 Å². The number of amides is 4. The molecule has 2 aromatic heterocycles. The van der Waals surface area contributed by atoms with Crippen molar-refractivity contribution in [3.05, 3.63) is 76.3 Å². The fraction of sp³-hybridized carbons (Fsp3) is 0.455. The Morgan fingerprint density at radius 3 is 2.21 bits per heavy atom. The van der Waals surface area contributed by atoms with Gasteiger partial charge in [0.25, 0.3) is 5.91 Å². The summed E-state index contributed by atoms with van der Waals surface area (Å²) in [6.07, 6.45) is -2.28. The van der Waals surface area contributed by atoms with E-state index in [2.05, 4.69) is 30.3 Å². The van der Waals surface area contributed by atoms with Gasteiger partial charge in [-0.1, -0.05) is 89.0 Å². The van der Waals surface area contributed by atoms with E-state index in [0.29, 0.717) is 55.5 Å². The van der Waals surface area contributed by atoms with E-state index in [1.54, 1.807) is 41.4 Å². The maximum atomic E-state index is 13.9.